The van der Waals surface area contributed by atoms with Crippen LogP contribution in [-0.2, 0) is 0 Å². The maximum Gasteiger partial charge on any atom is 0.254 e. The summed E-state index contributed by atoms with van der Waals surface area (Å²) in [6.45, 7) is 10.4. The largest absolute Gasteiger partial charge is 0.338 e. The molecule has 3 nitrogen and oxygen atoms in total. The monoisotopic (exact) mass is 268 g/mol. The molecule has 0 aliphatic rings. The van der Waals surface area contributed by atoms with Crippen LogP contribution >= 0.6 is 11.3 Å². The van der Waals surface area contributed by atoms with Crippen molar-refractivity contribution in [3.05, 3.63) is 21.9 Å². The Morgan fingerprint density at radius 1 is 1.44 bits per heavy atom. The highest BCUT2D eigenvalue weighted by Crippen LogP contribution is 2.20. The van der Waals surface area contributed by atoms with Gasteiger partial charge in [-0.1, -0.05) is 20.8 Å². The molecule has 1 aromatic heterocycles. The van der Waals surface area contributed by atoms with E-state index >= 15 is 0 Å². The minimum absolute atomic E-state index is 0.0330. The SMILES string of the molecule is CCCN(CC(C)(C)CN)C(=O)c1cscc1C. The highest BCUT2D eigenvalue weighted by Gasteiger charge is 2.25. The summed E-state index contributed by atoms with van der Waals surface area (Å²) in [6, 6.07) is 0. The second-order valence-corrected chi connectivity index (χ2v) is 6.31. The zero-order valence-corrected chi connectivity index (χ0v) is 12.6. The highest BCUT2D eigenvalue weighted by molar-refractivity contribution is 7.08. The molecule has 0 aliphatic heterocycles. The van der Waals surface area contributed by atoms with E-state index in [2.05, 4.69) is 20.8 Å². The molecular formula is C14H24N2OS. The van der Waals surface area contributed by atoms with Crippen molar-refractivity contribution in [2.75, 3.05) is 19.6 Å². The van der Waals surface area contributed by atoms with Crippen LogP contribution in [0.4, 0.5) is 0 Å². The number of nitrogens with zero attached hydrogens (tertiary/aromatic N) is 1. The number of thiophene rings is 1. The molecule has 0 fully saturated rings. The summed E-state index contributed by atoms with van der Waals surface area (Å²) in [6.07, 6.45) is 0.968. The summed E-state index contributed by atoms with van der Waals surface area (Å²) in [4.78, 5) is 14.4. The summed E-state index contributed by atoms with van der Waals surface area (Å²) >= 11 is 1.58. The molecule has 0 radical (unpaired) electrons. The van der Waals surface area contributed by atoms with Crippen LogP contribution in [0.5, 0.6) is 0 Å². The predicted molar refractivity (Wildman–Crippen MR) is 78.1 cm³/mol. The Morgan fingerprint density at radius 2 is 2.11 bits per heavy atom. The van der Waals surface area contributed by atoms with Crippen LogP contribution in [0.1, 0.15) is 43.1 Å². The second-order valence-electron chi connectivity index (χ2n) is 5.56. The highest BCUT2D eigenvalue weighted by atomic mass is 32.1. The first-order valence-electron chi connectivity index (χ1n) is 6.43. The minimum atomic E-state index is -0.0330. The van der Waals surface area contributed by atoms with Gasteiger partial charge in [-0.3, -0.25) is 4.79 Å². The molecule has 2 N–H and O–H groups in total. The van der Waals surface area contributed by atoms with Gasteiger partial charge in [0.05, 0.1) is 5.56 Å². The minimum Gasteiger partial charge on any atom is -0.338 e. The van der Waals surface area contributed by atoms with Crippen LogP contribution in [0.2, 0.25) is 0 Å². The van der Waals surface area contributed by atoms with E-state index in [1.165, 1.54) is 0 Å². The fourth-order valence-electron chi connectivity index (χ4n) is 1.85. The Hall–Kier alpha value is -0.870. The lowest BCUT2D eigenvalue weighted by Crippen LogP contribution is -2.42. The van der Waals surface area contributed by atoms with Crippen molar-refractivity contribution < 1.29 is 4.79 Å². The average Bonchev–Trinajstić information content (AvgIpc) is 2.74. The van der Waals surface area contributed by atoms with E-state index in [1.54, 1.807) is 11.3 Å². The van der Waals surface area contributed by atoms with Crippen molar-refractivity contribution >= 4 is 17.2 Å². The summed E-state index contributed by atoms with van der Waals surface area (Å²) in [5, 5.41) is 3.96. The molecule has 0 saturated heterocycles. The summed E-state index contributed by atoms with van der Waals surface area (Å²) in [5.41, 5.74) is 7.63. The number of carbonyl (C=O) groups excluding carboxylic acids is 1. The molecule has 4 heteroatoms. The van der Waals surface area contributed by atoms with Gasteiger partial charge in [-0.05, 0) is 36.2 Å². The van der Waals surface area contributed by atoms with Crippen LogP contribution in [0, 0.1) is 12.3 Å². The van der Waals surface area contributed by atoms with Crippen molar-refractivity contribution in [1.82, 2.24) is 4.90 Å². The van der Waals surface area contributed by atoms with Crippen molar-refractivity contribution in [2.24, 2.45) is 11.1 Å². The van der Waals surface area contributed by atoms with E-state index in [9.17, 15) is 4.79 Å². The third-order valence-electron chi connectivity index (χ3n) is 3.04. The maximum atomic E-state index is 12.5. The van der Waals surface area contributed by atoms with Gasteiger partial charge in [0, 0.05) is 18.5 Å². The molecule has 0 spiro atoms. The molecule has 0 saturated carbocycles. The zero-order valence-electron chi connectivity index (χ0n) is 11.8. The topological polar surface area (TPSA) is 46.3 Å². The normalized spacial score (nSPS) is 11.6. The van der Waals surface area contributed by atoms with Gasteiger partial charge in [0.25, 0.3) is 5.91 Å². The molecule has 0 unspecified atom stereocenters. The third-order valence-corrected chi connectivity index (χ3v) is 3.90. The standard InChI is InChI=1S/C14H24N2OS/c1-5-6-16(10-14(3,4)9-15)13(17)12-8-18-7-11(12)2/h7-8H,5-6,9-10,15H2,1-4H3. The van der Waals surface area contributed by atoms with E-state index in [0.717, 1.165) is 24.1 Å². The average molecular weight is 268 g/mol. The van der Waals surface area contributed by atoms with Gasteiger partial charge < -0.3 is 10.6 Å². The van der Waals surface area contributed by atoms with Crippen LogP contribution in [-0.4, -0.2) is 30.4 Å². The Balaban J connectivity index is 2.85. The molecule has 18 heavy (non-hydrogen) atoms. The predicted octanol–water partition coefficient (Wildman–Crippen LogP) is 2.89. The first-order chi connectivity index (χ1) is 8.41. The first kappa shape index (κ1) is 15.2. The summed E-state index contributed by atoms with van der Waals surface area (Å²) < 4.78 is 0. The van der Waals surface area contributed by atoms with Crippen molar-refractivity contribution in [1.29, 1.82) is 0 Å². The van der Waals surface area contributed by atoms with E-state index in [-0.39, 0.29) is 11.3 Å². The zero-order chi connectivity index (χ0) is 13.8. The van der Waals surface area contributed by atoms with Crippen molar-refractivity contribution in [3.63, 3.8) is 0 Å². The van der Waals surface area contributed by atoms with Crippen molar-refractivity contribution in [3.8, 4) is 0 Å². The fourth-order valence-corrected chi connectivity index (χ4v) is 2.68. The number of hydrogen-bond donors (Lipinski definition) is 1. The molecule has 1 heterocycles. The third kappa shape index (κ3) is 3.82. The number of rotatable bonds is 6. The molecule has 0 bridgehead atoms. The van der Waals surface area contributed by atoms with Gasteiger partial charge in [-0.15, -0.1) is 0 Å². The van der Waals surface area contributed by atoms with Crippen LogP contribution in [0.3, 0.4) is 0 Å². The molecule has 1 rings (SSSR count). The quantitative estimate of drug-likeness (QED) is 0.862. The maximum absolute atomic E-state index is 12.5. The van der Waals surface area contributed by atoms with Gasteiger partial charge in [-0.2, -0.15) is 11.3 Å². The fraction of sp³-hybridized carbons (Fsp3) is 0.643. The Bertz CT molecular complexity index is 398. The Morgan fingerprint density at radius 3 is 2.56 bits per heavy atom. The molecule has 0 aromatic carbocycles. The Kier molecular flexibility index (Phi) is 5.35. The van der Waals surface area contributed by atoms with Gasteiger partial charge in [0.15, 0.2) is 0 Å². The molecule has 1 aromatic rings. The summed E-state index contributed by atoms with van der Waals surface area (Å²) in [5.74, 6) is 0.136. The van der Waals surface area contributed by atoms with E-state index < -0.39 is 0 Å². The number of amides is 1. The van der Waals surface area contributed by atoms with E-state index in [1.807, 2.05) is 22.6 Å². The molecule has 102 valence electrons. The molecule has 1 amide bonds. The Labute approximate surface area is 114 Å². The lowest BCUT2D eigenvalue weighted by Gasteiger charge is -2.31. The lowest BCUT2D eigenvalue weighted by atomic mass is 9.92. The summed E-state index contributed by atoms with van der Waals surface area (Å²) in [7, 11) is 0. The molecule has 0 aliphatic carbocycles. The lowest BCUT2D eigenvalue weighted by molar-refractivity contribution is 0.0689. The van der Waals surface area contributed by atoms with Crippen LogP contribution < -0.4 is 5.73 Å². The molecular weight excluding hydrogens is 244 g/mol. The second kappa shape index (κ2) is 6.34. The van der Waals surface area contributed by atoms with Gasteiger partial charge in [0.2, 0.25) is 0 Å². The van der Waals surface area contributed by atoms with Gasteiger partial charge in [-0.25, -0.2) is 0 Å². The van der Waals surface area contributed by atoms with E-state index in [4.69, 9.17) is 5.73 Å². The smallest absolute Gasteiger partial charge is 0.254 e. The number of hydrogen-bond acceptors (Lipinski definition) is 3. The first-order valence-corrected chi connectivity index (χ1v) is 7.37. The number of aryl methyl sites for hydroxylation is 1. The van der Waals surface area contributed by atoms with Gasteiger partial charge >= 0.3 is 0 Å². The molecule has 0 atom stereocenters. The van der Waals surface area contributed by atoms with Crippen LogP contribution in [0.25, 0.3) is 0 Å². The number of nitrogens with two attached hydrogens (primary N) is 1. The number of carbonyl (C=O) groups is 1. The van der Waals surface area contributed by atoms with E-state index in [0.29, 0.717) is 13.1 Å². The van der Waals surface area contributed by atoms with Gasteiger partial charge in [0.1, 0.15) is 0 Å². The van der Waals surface area contributed by atoms with Crippen molar-refractivity contribution in [2.45, 2.75) is 34.1 Å². The van der Waals surface area contributed by atoms with Crippen LogP contribution in [0.15, 0.2) is 10.8 Å².